The van der Waals surface area contributed by atoms with Gasteiger partial charge in [-0.15, -0.1) is 0 Å². The molecule has 0 bridgehead atoms. The number of aromatic nitrogens is 1. The minimum atomic E-state index is -0.178. The van der Waals surface area contributed by atoms with Gasteiger partial charge < -0.3 is 20.1 Å². The summed E-state index contributed by atoms with van der Waals surface area (Å²) in [5, 5.41) is 7.06. The van der Waals surface area contributed by atoms with Crippen LogP contribution < -0.4 is 20.1 Å². The molecule has 4 rings (SSSR count). The third kappa shape index (κ3) is 4.59. The SMILES string of the molecule is COc1ccc(Nc2cc(C(=O)NCc3ccccc3OC)c3ccccc3n2)cc1. The van der Waals surface area contributed by atoms with Crippen LogP contribution in [0.4, 0.5) is 11.5 Å². The van der Waals surface area contributed by atoms with E-state index in [4.69, 9.17) is 9.47 Å². The minimum absolute atomic E-state index is 0.178. The standard InChI is InChI=1S/C25H23N3O3/c1-30-19-13-11-18(12-14-19)27-24-15-21(20-8-4-5-9-22(20)28-24)25(29)26-16-17-7-3-6-10-23(17)31-2/h3-15H,16H2,1-2H3,(H,26,29)(H,27,28). The Kier molecular flexibility index (Phi) is 5.98. The number of rotatable bonds is 7. The Hall–Kier alpha value is -4.06. The van der Waals surface area contributed by atoms with E-state index in [0.29, 0.717) is 17.9 Å². The molecule has 0 spiro atoms. The van der Waals surface area contributed by atoms with Gasteiger partial charge in [0.25, 0.3) is 5.91 Å². The normalized spacial score (nSPS) is 10.5. The monoisotopic (exact) mass is 413 g/mol. The van der Waals surface area contributed by atoms with Gasteiger partial charge in [0, 0.05) is 23.2 Å². The summed E-state index contributed by atoms with van der Waals surface area (Å²) in [6, 6.07) is 24.5. The second kappa shape index (κ2) is 9.17. The number of fused-ring (bicyclic) bond motifs is 1. The molecule has 1 heterocycles. The van der Waals surface area contributed by atoms with Crippen LogP contribution in [-0.2, 0) is 6.54 Å². The Morgan fingerprint density at radius 3 is 2.42 bits per heavy atom. The number of nitrogens with zero attached hydrogens (tertiary/aromatic N) is 1. The van der Waals surface area contributed by atoms with E-state index in [2.05, 4.69) is 15.6 Å². The number of anilines is 2. The van der Waals surface area contributed by atoms with Crippen LogP contribution >= 0.6 is 0 Å². The van der Waals surface area contributed by atoms with Crippen LogP contribution in [0, 0.1) is 0 Å². The summed E-state index contributed by atoms with van der Waals surface area (Å²) in [4.78, 5) is 17.8. The van der Waals surface area contributed by atoms with Crippen LogP contribution in [0.15, 0.2) is 78.9 Å². The van der Waals surface area contributed by atoms with E-state index < -0.39 is 0 Å². The van der Waals surface area contributed by atoms with Crippen LogP contribution in [0.3, 0.4) is 0 Å². The lowest BCUT2D eigenvalue weighted by atomic mass is 10.1. The van der Waals surface area contributed by atoms with Crippen molar-refractivity contribution in [3.8, 4) is 11.5 Å². The molecule has 0 aliphatic rings. The molecule has 0 radical (unpaired) electrons. The van der Waals surface area contributed by atoms with Gasteiger partial charge in [-0.1, -0.05) is 36.4 Å². The van der Waals surface area contributed by atoms with Gasteiger partial charge in [0.2, 0.25) is 0 Å². The smallest absolute Gasteiger partial charge is 0.252 e. The summed E-state index contributed by atoms with van der Waals surface area (Å²) >= 11 is 0. The minimum Gasteiger partial charge on any atom is -0.497 e. The molecule has 0 unspecified atom stereocenters. The summed E-state index contributed by atoms with van der Waals surface area (Å²) in [5.41, 5.74) is 3.05. The zero-order chi connectivity index (χ0) is 21.6. The Bertz CT molecular complexity index is 1210. The van der Waals surface area contributed by atoms with E-state index in [1.165, 1.54) is 0 Å². The van der Waals surface area contributed by atoms with E-state index >= 15 is 0 Å². The average molecular weight is 413 g/mol. The first kappa shape index (κ1) is 20.2. The Morgan fingerprint density at radius 2 is 1.65 bits per heavy atom. The Labute approximate surface area is 180 Å². The van der Waals surface area contributed by atoms with Gasteiger partial charge in [0.1, 0.15) is 17.3 Å². The molecule has 0 saturated carbocycles. The molecular formula is C25H23N3O3. The van der Waals surface area contributed by atoms with Crippen LogP contribution in [-0.4, -0.2) is 25.1 Å². The van der Waals surface area contributed by atoms with Crippen molar-refractivity contribution < 1.29 is 14.3 Å². The third-order valence-electron chi connectivity index (χ3n) is 4.96. The number of nitrogens with one attached hydrogen (secondary N) is 2. The van der Waals surface area contributed by atoms with Crippen molar-refractivity contribution in [1.29, 1.82) is 0 Å². The molecule has 4 aromatic rings. The van der Waals surface area contributed by atoms with E-state index in [9.17, 15) is 4.79 Å². The molecule has 6 nitrogen and oxygen atoms in total. The summed E-state index contributed by atoms with van der Waals surface area (Å²) in [5.74, 6) is 1.92. The van der Waals surface area contributed by atoms with Crippen molar-refractivity contribution in [2.45, 2.75) is 6.54 Å². The zero-order valence-electron chi connectivity index (χ0n) is 17.4. The lowest BCUT2D eigenvalue weighted by Crippen LogP contribution is -2.23. The summed E-state index contributed by atoms with van der Waals surface area (Å²) in [6.45, 7) is 0.362. The van der Waals surface area contributed by atoms with Crippen LogP contribution in [0.25, 0.3) is 10.9 Å². The van der Waals surface area contributed by atoms with E-state index in [0.717, 1.165) is 33.7 Å². The number of para-hydroxylation sites is 2. The van der Waals surface area contributed by atoms with Crippen molar-refractivity contribution in [2.75, 3.05) is 19.5 Å². The molecule has 0 atom stereocenters. The number of hydrogen-bond donors (Lipinski definition) is 2. The largest absolute Gasteiger partial charge is 0.497 e. The number of hydrogen-bond acceptors (Lipinski definition) is 5. The predicted octanol–water partition coefficient (Wildman–Crippen LogP) is 4.93. The van der Waals surface area contributed by atoms with Crippen LogP contribution in [0.5, 0.6) is 11.5 Å². The molecule has 6 heteroatoms. The zero-order valence-corrected chi connectivity index (χ0v) is 17.4. The molecule has 1 aromatic heterocycles. The molecule has 0 aliphatic heterocycles. The maximum absolute atomic E-state index is 13.1. The van der Waals surface area contributed by atoms with Crippen molar-refractivity contribution in [1.82, 2.24) is 10.3 Å². The van der Waals surface area contributed by atoms with Crippen molar-refractivity contribution in [2.24, 2.45) is 0 Å². The van der Waals surface area contributed by atoms with Crippen molar-refractivity contribution in [3.63, 3.8) is 0 Å². The molecule has 3 aromatic carbocycles. The highest BCUT2D eigenvalue weighted by Gasteiger charge is 2.14. The second-order valence-corrected chi connectivity index (χ2v) is 6.92. The summed E-state index contributed by atoms with van der Waals surface area (Å²) in [6.07, 6.45) is 0. The van der Waals surface area contributed by atoms with Gasteiger partial charge in [-0.2, -0.15) is 0 Å². The number of ether oxygens (including phenoxy) is 2. The third-order valence-corrected chi connectivity index (χ3v) is 4.96. The topological polar surface area (TPSA) is 72.5 Å². The lowest BCUT2D eigenvalue weighted by molar-refractivity contribution is 0.0952. The van der Waals surface area contributed by atoms with Gasteiger partial charge >= 0.3 is 0 Å². The maximum Gasteiger partial charge on any atom is 0.252 e. The fraction of sp³-hybridized carbons (Fsp3) is 0.120. The molecule has 156 valence electrons. The fourth-order valence-corrected chi connectivity index (χ4v) is 3.37. The number of benzene rings is 3. The highest BCUT2D eigenvalue weighted by atomic mass is 16.5. The van der Waals surface area contributed by atoms with Crippen molar-refractivity contribution in [3.05, 3.63) is 90.0 Å². The van der Waals surface area contributed by atoms with Crippen LogP contribution in [0.1, 0.15) is 15.9 Å². The van der Waals surface area contributed by atoms with Crippen LogP contribution in [0.2, 0.25) is 0 Å². The average Bonchev–Trinajstić information content (AvgIpc) is 2.82. The van der Waals surface area contributed by atoms with Gasteiger partial charge in [-0.05, 0) is 42.5 Å². The highest BCUT2D eigenvalue weighted by Crippen LogP contribution is 2.25. The van der Waals surface area contributed by atoms with E-state index in [-0.39, 0.29) is 5.91 Å². The molecule has 0 aliphatic carbocycles. The number of methoxy groups -OCH3 is 2. The molecule has 0 fully saturated rings. The predicted molar refractivity (Wildman–Crippen MR) is 122 cm³/mol. The van der Waals surface area contributed by atoms with Gasteiger partial charge in [-0.25, -0.2) is 4.98 Å². The first-order valence-electron chi connectivity index (χ1n) is 9.89. The van der Waals surface area contributed by atoms with Crippen molar-refractivity contribution >= 4 is 28.3 Å². The maximum atomic E-state index is 13.1. The number of pyridine rings is 1. The molecule has 1 amide bonds. The molecule has 2 N–H and O–H groups in total. The highest BCUT2D eigenvalue weighted by molar-refractivity contribution is 6.07. The molecule has 0 saturated heterocycles. The second-order valence-electron chi connectivity index (χ2n) is 6.92. The fourth-order valence-electron chi connectivity index (χ4n) is 3.37. The first-order chi connectivity index (χ1) is 15.2. The first-order valence-corrected chi connectivity index (χ1v) is 9.89. The lowest BCUT2D eigenvalue weighted by Gasteiger charge is -2.13. The quantitative estimate of drug-likeness (QED) is 0.450. The summed E-state index contributed by atoms with van der Waals surface area (Å²) < 4.78 is 10.6. The number of carbonyl (C=O) groups excluding carboxylic acids is 1. The number of carbonyl (C=O) groups is 1. The van der Waals surface area contributed by atoms with E-state index in [1.54, 1.807) is 20.3 Å². The van der Waals surface area contributed by atoms with Gasteiger partial charge in [0.15, 0.2) is 0 Å². The summed E-state index contributed by atoms with van der Waals surface area (Å²) in [7, 11) is 3.25. The Morgan fingerprint density at radius 1 is 0.903 bits per heavy atom. The molecular weight excluding hydrogens is 390 g/mol. The Balaban J connectivity index is 1.61. The van der Waals surface area contributed by atoms with Gasteiger partial charge in [-0.3, -0.25) is 4.79 Å². The number of amides is 1. The van der Waals surface area contributed by atoms with E-state index in [1.807, 2.05) is 72.8 Å². The van der Waals surface area contributed by atoms with Gasteiger partial charge in [0.05, 0.1) is 25.3 Å². The molecule has 31 heavy (non-hydrogen) atoms.